The molecule has 0 aromatic heterocycles. The number of urea groups is 2. The van der Waals surface area contributed by atoms with Crippen molar-refractivity contribution in [3.8, 4) is 23.0 Å². The summed E-state index contributed by atoms with van der Waals surface area (Å²) in [6.45, 7) is 0.583. The van der Waals surface area contributed by atoms with E-state index in [-0.39, 0.29) is 11.5 Å². The summed E-state index contributed by atoms with van der Waals surface area (Å²) in [4.78, 5) is 24.3. The number of hydrogen-bond acceptors (Lipinski definition) is 4. The van der Waals surface area contributed by atoms with Crippen LogP contribution >= 0.6 is 0 Å². The summed E-state index contributed by atoms with van der Waals surface area (Å²) in [6.07, 6.45) is 0. The first-order valence-corrected chi connectivity index (χ1v) is 13.9. The molecule has 0 radical (unpaired) electrons. The van der Waals surface area contributed by atoms with Gasteiger partial charge in [-0.1, -0.05) is 60.7 Å². The van der Waals surface area contributed by atoms with Gasteiger partial charge in [0.1, 0.15) is 11.5 Å². The monoisotopic (exact) mass is 630 g/mol. The molecular formula is C34H26F4N4O4. The van der Waals surface area contributed by atoms with Gasteiger partial charge in [-0.15, -0.1) is 0 Å². The Morgan fingerprint density at radius 1 is 0.478 bits per heavy atom. The van der Waals surface area contributed by atoms with Crippen molar-refractivity contribution >= 4 is 23.4 Å². The van der Waals surface area contributed by atoms with Crippen LogP contribution in [0.5, 0.6) is 23.0 Å². The molecule has 234 valence electrons. The van der Waals surface area contributed by atoms with Crippen molar-refractivity contribution in [1.29, 1.82) is 0 Å². The van der Waals surface area contributed by atoms with Crippen LogP contribution in [-0.4, -0.2) is 12.1 Å². The van der Waals surface area contributed by atoms with Gasteiger partial charge in [-0.2, -0.15) is 17.6 Å². The number of benzene rings is 5. The second-order valence-corrected chi connectivity index (χ2v) is 9.75. The molecule has 46 heavy (non-hydrogen) atoms. The molecule has 0 bridgehead atoms. The summed E-state index contributed by atoms with van der Waals surface area (Å²) < 4.78 is 69.7. The van der Waals surface area contributed by atoms with E-state index in [1.54, 1.807) is 0 Å². The number of amides is 4. The maximum Gasteiger partial charge on any atom is 0.319 e. The van der Waals surface area contributed by atoms with E-state index in [1.165, 1.54) is 48.5 Å². The van der Waals surface area contributed by atoms with Gasteiger partial charge in [0.05, 0.1) is 0 Å². The van der Waals surface area contributed by atoms with Gasteiger partial charge < -0.3 is 30.7 Å². The Balaban J connectivity index is 1.18. The molecule has 0 unspecified atom stereocenters. The van der Waals surface area contributed by atoms with E-state index in [0.29, 0.717) is 24.5 Å². The molecule has 0 atom stereocenters. The fraction of sp³-hybridized carbons (Fsp3) is 0.0588. The number of anilines is 2. The Morgan fingerprint density at radius 3 is 1.13 bits per heavy atom. The fourth-order valence-corrected chi connectivity index (χ4v) is 4.13. The average Bonchev–Trinajstić information content (AvgIpc) is 3.08. The lowest BCUT2D eigenvalue weighted by molar-refractivity contribution is 0.251. The lowest BCUT2D eigenvalue weighted by atomic mass is 10.2. The molecule has 4 N–H and O–H groups in total. The van der Waals surface area contributed by atoms with Crippen molar-refractivity contribution in [2.75, 3.05) is 10.6 Å². The minimum atomic E-state index is -1.82. The highest BCUT2D eigenvalue weighted by molar-refractivity contribution is 5.89. The largest absolute Gasteiger partial charge is 0.451 e. The number of carbonyl (C=O) groups excluding carboxylic acids is 2. The van der Waals surface area contributed by atoms with E-state index in [4.69, 9.17) is 9.47 Å². The molecule has 5 aromatic carbocycles. The summed E-state index contributed by atoms with van der Waals surface area (Å²) in [5.74, 6) is -10.2. The van der Waals surface area contributed by atoms with E-state index < -0.39 is 46.8 Å². The molecule has 0 saturated heterocycles. The predicted octanol–water partition coefficient (Wildman–Crippen LogP) is 8.47. The van der Waals surface area contributed by atoms with Crippen LogP contribution in [0.3, 0.4) is 0 Å². The maximum absolute atomic E-state index is 14.9. The number of hydrogen-bond donors (Lipinski definition) is 4. The van der Waals surface area contributed by atoms with Crippen LogP contribution in [-0.2, 0) is 13.1 Å². The molecule has 12 heteroatoms. The van der Waals surface area contributed by atoms with E-state index >= 15 is 0 Å². The van der Waals surface area contributed by atoms with Crippen molar-refractivity contribution in [2.45, 2.75) is 13.1 Å². The molecule has 4 amide bonds. The van der Waals surface area contributed by atoms with E-state index in [9.17, 15) is 27.2 Å². The zero-order valence-corrected chi connectivity index (χ0v) is 24.0. The van der Waals surface area contributed by atoms with Gasteiger partial charge in [-0.05, 0) is 59.7 Å². The molecule has 0 fully saturated rings. The Bertz CT molecular complexity index is 1650. The lowest BCUT2D eigenvalue weighted by Crippen LogP contribution is -2.28. The van der Waals surface area contributed by atoms with E-state index in [1.807, 2.05) is 60.7 Å². The Hall–Kier alpha value is -6.04. The van der Waals surface area contributed by atoms with Gasteiger partial charge >= 0.3 is 12.1 Å². The smallest absolute Gasteiger partial charge is 0.319 e. The summed E-state index contributed by atoms with van der Waals surface area (Å²) in [6, 6.07) is 28.0. The first kappa shape index (κ1) is 31.4. The quantitative estimate of drug-likeness (QED) is 0.0919. The second kappa shape index (κ2) is 14.6. The maximum atomic E-state index is 14.9. The highest BCUT2D eigenvalue weighted by Crippen LogP contribution is 2.39. The first-order chi connectivity index (χ1) is 22.3. The van der Waals surface area contributed by atoms with Crippen molar-refractivity contribution in [2.24, 2.45) is 0 Å². The third-order valence-electron chi connectivity index (χ3n) is 6.44. The second-order valence-electron chi connectivity index (χ2n) is 9.75. The normalized spacial score (nSPS) is 10.5. The SMILES string of the molecule is O=C(NCc1ccccc1)Nc1ccc(Oc2c(F)c(F)c(Oc3ccc(NC(=O)NCc4ccccc4)cc3)c(F)c2F)cc1. The number of halogens is 4. The molecule has 0 spiro atoms. The first-order valence-electron chi connectivity index (χ1n) is 13.9. The van der Waals surface area contributed by atoms with Crippen molar-refractivity contribution in [3.63, 3.8) is 0 Å². The van der Waals surface area contributed by atoms with Crippen LogP contribution in [0.15, 0.2) is 109 Å². The Kier molecular flexibility index (Phi) is 9.98. The highest BCUT2D eigenvalue weighted by atomic mass is 19.2. The molecule has 0 saturated carbocycles. The third-order valence-corrected chi connectivity index (χ3v) is 6.44. The molecule has 5 aromatic rings. The molecular weight excluding hydrogens is 604 g/mol. The van der Waals surface area contributed by atoms with Gasteiger partial charge in [0.25, 0.3) is 0 Å². The third kappa shape index (κ3) is 8.11. The van der Waals surface area contributed by atoms with Crippen LogP contribution in [0.25, 0.3) is 0 Å². The van der Waals surface area contributed by atoms with Crippen molar-refractivity contribution in [3.05, 3.63) is 144 Å². The summed E-state index contributed by atoms with van der Waals surface area (Å²) in [5, 5.41) is 10.5. The number of ether oxygens (including phenoxy) is 2. The topological polar surface area (TPSA) is 101 Å². The van der Waals surface area contributed by atoms with Crippen LogP contribution in [0.4, 0.5) is 38.5 Å². The van der Waals surface area contributed by atoms with Gasteiger partial charge in [0.15, 0.2) is 0 Å². The van der Waals surface area contributed by atoms with Crippen molar-refractivity contribution < 1.29 is 36.6 Å². The lowest BCUT2D eigenvalue weighted by Gasteiger charge is -2.14. The van der Waals surface area contributed by atoms with Crippen LogP contribution in [0, 0.1) is 23.3 Å². The number of rotatable bonds is 10. The van der Waals surface area contributed by atoms with Gasteiger partial charge in [-0.25, -0.2) is 9.59 Å². The number of nitrogens with one attached hydrogen (secondary N) is 4. The summed E-state index contributed by atoms with van der Waals surface area (Å²) in [7, 11) is 0. The minimum Gasteiger partial charge on any atom is -0.451 e. The number of carbonyl (C=O) groups is 2. The average molecular weight is 631 g/mol. The highest BCUT2D eigenvalue weighted by Gasteiger charge is 2.29. The van der Waals surface area contributed by atoms with Gasteiger partial charge in [0, 0.05) is 24.5 Å². The van der Waals surface area contributed by atoms with E-state index in [2.05, 4.69) is 21.3 Å². The molecule has 8 nitrogen and oxygen atoms in total. The van der Waals surface area contributed by atoms with Crippen LogP contribution in [0.2, 0.25) is 0 Å². The van der Waals surface area contributed by atoms with Gasteiger partial charge in [-0.3, -0.25) is 0 Å². The van der Waals surface area contributed by atoms with Crippen LogP contribution in [0.1, 0.15) is 11.1 Å². The van der Waals surface area contributed by atoms with Crippen LogP contribution < -0.4 is 30.7 Å². The molecule has 0 heterocycles. The minimum absolute atomic E-state index is 0.156. The summed E-state index contributed by atoms with van der Waals surface area (Å²) >= 11 is 0. The molecule has 5 rings (SSSR count). The molecule has 0 aliphatic heterocycles. The Morgan fingerprint density at radius 2 is 0.804 bits per heavy atom. The predicted molar refractivity (Wildman–Crippen MR) is 164 cm³/mol. The van der Waals surface area contributed by atoms with Gasteiger partial charge in [0.2, 0.25) is 34.8 Å². The molecule has 0 aliphatic carbocycles. The zero-order chi connectivity index (χ0) is 32.5. The van der Waals surface area contributed by atoms with Crippen molar-refractivity contribution in [1.82, 2.24) is 10.6 Å². The Labute approximate surface area is 261 Å². The summed E-state index contributed by atoms with van der Waals surface area (Å²) in [5.41, 5.74) is 2.45. The van der Waals surface area contributed by atoms with E-state index in [0.717, 1.165) is 11.1 Å². The fourth-order valence-electron chi connectivity index (χ4n) is 4.13. The zero-order valence-electron chi connectivity index (χ0n) is 24.0. The standard InChI is InChI=1S/C34H26F4N4O4/c35-27-29(37)32(46-26-17-13-24(14-18-26)42-34(44)40-20-22-9-5-2-6-10-22)30(38)28(36)31(27)45-25-15-11-23(12-16-25)41-33(43)39-19-21-7-3-1-4-8-21/h1-18H,19-20H2,(H2,39,41,43)(H2,40,42,44). The molecule has 0 aliphatic rings.